The Morgan fingerprint density at radius 1 is 0.968 bits per heavy atom. The second kappa shape index (κ2) is 11.9. The Morgan fingerprint density at radius 2 is 1.61 bits per heavy atom. The van der Waals surface area contributed by atoms with Crippen LogP contribution in [-0.4, -0.2) is 99.1 Å². The van der Waals surface area contributed by atoms with E-state index in [4.69, 9.17) is 0 Å². The second-order valence-corrected chi connectivity index (χ2v) is 8.58. The van der Waals surface area contributed by atoms with Crippen LogP contribution in [0.1, 0.15) is 19.3 Å². The summed E-state index contributed by atoms with van der Waals surface area (Å²) in [6.07, 6.45) is 3.42. The monoisotopic (exact) mass is 540 g/mol. The van der Waals surface area contributed by atoms with Gasteiger partial charge in [0.25, 0.3) is 0 Å². The van der Waals surface area contributed by atoms with Crippen molar-refractivity contribution in [1.82, 2.24) is 20.0 Å². The van der Waals surface area contributed by atoms with Gasteiger partial charge in [0.05, 0.1) is 0 Å². The van der Waals surface area contributed by atoms with Crippen molar-refractivity contribution in [3.63, 3.8) is 0 Å². The lowest BCUT2D eigenvalue weighted by Gasteiger charge is -2.39. The quantitative estimate of drug-likeness (QED) is 0.352. The Balaban J connectivity index is 0.00000272. The fourth-order valence-corrected chi connectivity index (χ4v) is 4.58. The lowest BCUT2D eigenvalue weighted by atomic mass is 9.84. The molecule has 1 saturated carbocycles. The fourth-order valence-electron chi connectivity index (χ4n) is 4.58. The Labute approximate surface area is 203 Å². The van der Waals surface area contributed by atoms with Crippen LogP contribution in [0.5, 0.6) is 0 Å². The molecule has 0 aromatic heterocycles. The van der Waals surface area contributed by atoms with Crippen LogP contribution >= 0.6 is 24.0 Å². The van der Waals surface area contributed by atoms with Crippen LogP contribution in [0.15, 0.2) is 35.3 Å². The highest BCUT2D eigenvalue weighted by atomic mass is 127. The number of guanidine groups is 1. The predicted octanol–water partition coefficient (Wildman–Crippen LogP) is 1.95. The molecule has 1 aromatic carbocycles. The number of amides is 1. The largest absolute Gasteiger partial charge is 0.368 e. The van der Waals surface area contributed by atoms with E-state index in [2.05, 4.69) is 60.2 Å². The molecule has 172 valence electrons. The molecule has 1 aliphatic carbocycles. The summed E-state index contributed by atoms with van der Waals surface area (Å²) in [7, 11) is 1.87. The van der Waals surface area contributed by atoms with E-state index >= 15 is 0 Å². The van der Waals surface area contributed by atoms with Gasteiger partial charge >= 0.3 is 0 Å². The van der Waals surface area contributed by atoms with Gasteiger partial charge in [0, 0.05) is 84.1 Å². The molecular formula is C23H37IN6O. The molecule has 2 heterocycles. The van der Waals surface area contributed by atoms with Crippen LogP contribution in [0.3, 0.4) is 0 Å². The van der Waals surface area contributed by atoms with E-state index < -0.39 is 0 Å². The summed E-state index contributed by atoms with van der Waals surface area (Å²) in [6, 6.07) is 10.6. The molecule has 1 N–H and O–H groups in total. The lowest BCUT2D eigenvalue weighted by molar-refractivity contribution is -0.139. The van der Waals surface area contributed by atoms with Crippen molar-refractivity contribution in [2.75, 3.05) is 77.4 Å². The molecule has 4 rings (SSSR count). The zero-order chi connectivity index (χ0) is 20.8. The minimum Gasteiger partial charge on any atom is -0.368 e. The number of anilines is 1. The van der Waals surface area contributed by atoms with E-state index in [1.54, 1.807) is 0 Å². The van der Waals surface area contributed by atoms with Crippen LogP contribution < -0.4 is 10.2 Å². The van der Waals surface area contributed by atoms with Gasteiger partial charge in [0.2, 0.25) is 5.91 Å². The summed E-state index contributed by atoms with van der Waals surface area (Å²) in [5.41, 5.74) is 1.30. The zero-order valence-corrected chi connectivity index (χ0v) is 21.0. The van der Waals surface area contributed by atoms with Gasteiger partial charge in [0.15, 0.2) is 5.96 Å². The van der Waals surface area contributed by atoms with Gasteiger partial charge in [0.1, 0.15) is 0 Å². The smallest absolute Gasteiger partial charge is 0.225 e. The molecule has 3 fully saturated rings. The molecule has 0 bridgehead atoms. The number of hydrogen-bond acceptors (Lipinski definition) is 4. The minimum atomic E-state index is 0. The van der Waals surface area contributed by atoms with Gasteiger partial charge in [-0.15, -0.1) is 24.0 Å². The molecule has 1 amide bonds. The van der Waals surface area contributed by atoms with Crippen molar-refractivity contribution in [3.8, 4) is 0 Å². The zero-order valence-electron chi connectivity index (χ0n) is 18.7. The third-order valence-electron chi connectivity index (χ3n) is 6.76. The van der Waals surface area contributed by atoms with Crippen molar-refractivity contribution in [2.45, 2.75) is 19.3 Å². The standard InChI is InChI=1S/C23H36N6O.HI/c1-24-23(29-18-16-27(17-19-29)21-8-3-2-4-9-21)25-10-11-26-12-14-28(15-13-26)22(30)20-6-5-7-20;/h2-4,8-9,20H,5-7,10-19H2,1H3,(H,24,25);1H. The lowest BCUT2D eigenvalue weighted by Crippen LogP contribution is -2.54. The van der Waals surface area contributed by atoms with Crippen molar-refractivity contribution in [2.24, 2.45) is 10.9 Å². The number of carbonyl (C=O) groups is 1. The van der Waals surface area contributed by atoms with Gasteiger partial charge in [-0.2, -0.15) is 0 Å². The normalized spacial score (nSPS) is 20.8. The number of hydrogen-bond donors (Lipinski definition) is 1. The first kappa shape index (κ1) is 24.1. The highest BCUT2D eigenvalue weighted by Gasteiger charge is 2.31. The Morgan fingerprint density at radius 3 is 2.19 bits per heavy atom. The van der Waals surface area contributed by atoms with E-state index in [1.165, 1.54) is 12.1 Å². The first-order chi connectivity index (χ1) is 14.7. The molecule has 3 aliphatic rings. The van der Waals surface area contributed by atoms with E-state index in [0.29, 0.717) is 11.8 Å². The highest BCUT2D eigenvalue weighted by molar-refractivity contribution is 14.0. The molecular weight excluding hydrogens is 503 g/mol. The van der Waals surface area contributed by atoms with E-state index in [0.717, 1.165) is 84.2 Å². The molecule has 1 aromatic rings. The summed E-state index contributed by atoms with van der Waals surface area (Å²) in [5.74, 6) is 1.72. The molecule has 2 aliphatic heterocycles. The maximum absolute atomic E-state index is 12.4. The number of nitrogens with zero attached hydrogens (tertiary/aromatic N) is 5. The summed E-state index contributed by atoms with van der Waals surface area (Å²) in [5, 5.41) is 3.55. The molecule has 0 atom stereocenters. The van der Waals surface area contributed by atoms with Crippen LogP contribution in [-0.2, 0) is 4.79 Å². The molecule has 31 heavy (non-hydrogen) atoms. The predicted molar refractivity (Wildman–Crippen MR) is 137 cm³/mol. The highest BCUT2D eigenvalue weighted by Crippen LogP contribution is 2.28. The van der Waals surface area contributed by atoms with E-state index in [-0.39, 0.29) is 24.0 Å². The van der Waals surface area contributed by atoms with Gasteiger partial charge in [-0.3, -0.25) is 14.7 Å². The molecule has 7 nitrogen and oxygen atoms in total. The van der Waals surface area contributed by atoms with E-state index in [9.17, 15) is 4.79 Å². The number of rotatable bonds is 5. The molecule has 0 spiro atoms. The number of halogens is 1. The average Bonchev–Trinajstić information content (AvgIpc) is 2.77. The molecule has 0 radical (unpaired) electrons. The molecule has 8 heteroatoms. The van der Waals surface area contributed by atoms with Crippen molar-refractivity contribution in [1.29, 1.82) is 0 Å². The number of nitrogens with one attached hydrogen (secondary N) is 1. The number of benzene rings is 1. The topological polar surface area (TPSA) is 54.4 Å². The van der Waals surface area contributed by atoms with E-state index in [1.807, 2.05) is 7.05 Å². The third kappa shape index (κ3) is 6.25. The molecule has 2 saturated heterocycles. The van der Waals surface area contributed by atoms with Crippen molar-refractivity contribution in [3.05, 3.63) is 30.3 Å². The summed E-state index contributed by atoms with van der Waals surface area (Å²) in [4.78, 5) is 26.2. The summed E-state index contributed by atoms with van der Waals surface area (Å²) in [6.45, 7) is 9.60. The second-order valence-electron chi connectivity index (χ2n) is 8.58. The van der Waals surface area contributed by atoms with Crippen LogP contribution in [0.2, 0.25) is 0 Å². The maximum atomic E-state index is 12.4. The summed E-state index contributed by atoms with van der Waals surface area (Å²) >= 11 is 0. The third-order valence-corrected chi connectivity index (χ3v) is 6.76. The van der Waals surface area contributed by atoms with Gasteiger partial charge in [-0.25, -0.2) is 0 Å². The van der Waals surface area contributed by atoms with Crippen molar-refractivity contribution < 1.29 is 4.79 Å². The molecule has 0 unspecified atom stereocenters. The summed E-state index contributed by atoms with van der Waals surface area (Å²) < 4.78 is 0. The van der Waals surface area contributed by atoms with Gasteiger partial charge in [-0.1, -0.05) is 24.6 Å². The number of para-hydroxylation sites is 1. The first-order valence-corrected chi connectivity index (χ1v) is 11.5. The van der Waals surface area contributed by atoms with Gasteiger partial charge < -0.3 is 20.0 Å². The van der Waals surface area contributed by atoms with Crippen LogP contribution in [0, 0.1) is 5.92 Å². The van der Waals surface area contributed by atoms with Gasteiger partial charge in [-0.05, 0) is 25.0 Å². The Kier molecular flexibility index (Phi) is 9.25. The minimum absolute atomic E-state index is 0. The number of piperazine rings is 2. The Hall–Kier alpha value is -1.55. The van der Waals surface area contributed by atoms with Crippen LogP contribution in [0.25, 0.3) is 0 Å². The number of aliphatic imine (C=N–C) groups is 1. The number of carbonyl (C=O) groups excluding carboxylic acids is 1. The first-order valence-electron chi connectivity index (χ1n) is 11.5. The van der Waals surface area contributed by atoms with Crippen molar-refractivity contribution >= 4 is 41.5 Å². The van der Waals surface area contributed by atoms with Crippen LogP contribution in [0.4, 0.5) is 5.69 Å². The SMILES string of the molecule is CN=C(NCCN1CCN(C(=O)C2CCC2)CC1)N1CCN(c2ccccc2)CC1.I. The maximum Gasteiger partial charge on any atom is 0.225 e. The average molecular weight is 540 g/mol. The Bertz CT molecular complexity index is 710. The fraction of sp³-hybridized carbons (Fsp3) is 0.652.